The van der Waals surface area contributed by atoms with Crippen molar-refractivity contribution in [3.05, 3.63) is 71.8 Å². The van der Waals surface area contributed by atoms with Crippen LogP contribution in [0.15, 0.2) is 65.8 Å². The van der Waals surface area contributed by atoms with Gasteiger partial charge in [-0.3, -0.25) is 10.2 Å². The van der Waals surface area contributed by atoms with Gasteiger partial charge in [0.25, 0.3) is 0 Å². The summed E-state index contributed by atoms with van der Waals surface area (Å²) in [5.74, 6) is -0.217. The van der Waals surface area contributed by atoms with Crippen LogP contribution >= 0.6 is 0 Å². The lowest BCUT2D eigenvalue weighted by molar-refractivity contribution is -0.0162. The summed E-state index contributed by atoms with van der Waals surface area (Å²) in [6.07, 6.45) is -2.73. The Bertz CT molecular complexity index is 743. The first kappa shape index (κ1) is 17.8. The maximum Gasteiger partial charge on any atom is 0.321 e. The fourth-order valence-corrected chi connectivity index (χ4v) is 2.30. The fraction of sp³-hybridized carbons (Fsp3) is 0.222. The molecule has 1 fully saturated rings. The molecular weight excluding hydrogens is 339 g/mol. The summed E-state index contributed by atoms with van der Waals surface area (Å²) >= 11 is 0. The highest BCUT2D eigenvalue weighted by Gasteiger charge is 2.35. The zero-order chi connectivity index (χ0) is 18.2. The number of urea groups is 1. The van der Waals surface area contributed by atoms with Crippen molar-refractivity contribution in [3.8, 4) is 0 Å². The molecule has 0 bridgehead atoms. The van der Waals surface area contributed by atoms with E-state index in [-0.39, 0.29) is 19.0 Å². The number of carbonyl (C=O) groups is 1. The van der Waals surface area contributed by atoms with Crippen LogP contribution < -0.4 is 16.1 Å². The number of amidine groups is 1. The second kappa shape index (κ2) is 8.93. The molecule has 136 valence electrons. The number of hydrogen-bond donors (Lipinski definition) is 3. The van der Waals surface area contributed by atoms with Crippen molar-refractivity contribution in [2.75, 3.05) is 0 Å². The molecule has 0 unspecified atom stereocenters. The van der Waals surface area contributed by atoms with Crippen molar-refractivity contribution in [2.45, 2.75) is 25.6 Å². The summed E-state index contributed by atoms with van der Waals surface area (Å²) in [6.45, 7) is 0.396. The van der Waals surface area contributed by atoms with E-state index in [0.29, 0.717) is 0 Å². The Morgan fingerprint density at radius 1 is 1.00 bits per heavy atom. The Labute approximate surface area is 150 Å². The molecule has 0 spiro atoms. The van der Waals surface area contributed by atoms with Gasteiger partial charge in [0.15, 0.2) is 12.0 Å². The average Bonchev–Trinajstić information content (AvgIpc) is 2.67. The highest BCUT2D eigenvalue weighted by molar-refractivity contribution is 6.02. The third-order valence-electron chi connectivity index (χ3n) is 3.61. The number of carbonyl (C=O) groups excluding carboxylic acids is 1. The Morgan fingerprint density at radius 2 is 1.62 bits per heavy atom. The number of hydroxylamine groups is 1. The van der Waals surface area contributed by atoms with Gasteiger partial charge in [-0.25, -0.2) is 9.18 Å². The lowest BCUT2D eigenvalue weighted by Crippen LogP contribution is -2.64. The van der Waals surface area contributed by atoms with E-state index in [4.69, 9.17) is 9.68 Å². The van der Waals surface area contributed by atoms with Crippen LogP contribution in [0.4, 0.5) is 9.18 Å². The van der Waals surface area contributed by atoms with Crippen molar-refractivity contribution in [2.24, 2.45) is 5.16 Å². The lowest BCUT2D eigenvalue weighted by Gasteiger charge is -2.28. The smallest absolute Gasteiger partial charge is 0.321 e. The van der Waals surface area contributed by atoms with Gasteiger partial charge >= 0.3 is 6.03 Å². The van der Waals surface area contributed by atoms with E-state index in [1.54, 1.807) is 0 Å². The van der Waals surface area contributed by atoms with E-state index in [9.17, 15) is 9.18 Å². The second-order valence-corrected chi connectivity index (χ2v) is 5.61. The number of amides is 2. The first-order chi connectivity index (χ1) is 12.7. The third-order valence-corrected chi connectivity index (χ3v) is 3.61. The molecule has 26 heavy (non-hydrogen) atoms. The lowest BCUT2D eigenvalue weighted by atomic mass is 10.2. The van der Waals surface area contributed by atoms with Gasteiger partial charge < -0.3 is 10.2 Å². The van der Waals surface area contributed by atoms with E-state index in [1.807, 2.05) is 60.7 Å². The molecule has 0 saturated carbocycles. The number of nitrogens with zero attached hydrogens (tertiary/aromatic N) is 1. The number of rotatable bonds is 7. The van der Waals surface area contributed by atoms with Crippen molar-refractivity contribution in [3.63, 3.8) is 0 Å². The molecule has 2 atom stereocenters. The van der Waals surface area contributed by atoms with E-state index in [0.717, 1.165) is 11.1 Å². The highest BCUT2D eigenvalue weighted by Crippen LogP contribution is 2.07. The molecule has 2 amide bonds. The zero-order valence-corrected chi connectivity index (χ0v) is 13.9. The number of hydrogen-bond acceptors (Lipinski definition) is 5. The first-order valence-electron chi connectivity index (χ1n) is 8.09. The van der Waals surface area contributed by atoms with E-state index < -0.39 is 18.4 Å². The van der Waals surface area contributed by atoms with Gasteiger partial charge in [-0.2, -0.15) is 5.48 Å². The molecule has 0 aliphatic carbocycles. The topological polar surface area (TPSA) is 84.0 Å². The Balaban J connectivity index is 1.52. The van der Waals surface area contributed by atoms with Gasteiger partial charge in [0.2, 0.25) is 0 Å². The summed E-state index contributed by atoms with van der Waals surface area (Å²) < 4.78 is 14.5. The molecule has 0 aromatic heterocycles. The number of oxime groups is 1. The van der Waals surface area contributed by atoms with Crippen molar-refractivity contribution in [1.29, 1.82) is 0 Å². The monoisotopic (exact) mass is 358 g/mol. The molecule has 2 aromatic rings. The highest BCUT2D eigenvalue weighted by atomic mass is 19.1. The van der Waals surface area contributed by atoms with Gasteiger partial charge in [0.1, 0.15) is 12.8 Å². The van der Waals surface area contributed by atoms with Gasteiger partial charge in [-0.1, -0.05) is 65.8 Å². The minimum atomic E-state index is -1.65. The number of benzene rings is 2. The molecule has 1 heterocycles. The van der Waals surface area contributed by atoms with Crippen molar-refractivity contribution in [1.82, 2.24) is 16.1 Å². The SMILES string of the molecule is O=C1NC(=NOCc2ccccc2)[C@@H](F)[C@H](NOCc2ccccc2)N1. The van der Waals surface area contributed by atoms with Crippen molar-refractivity contribution < 1.29 is 18.9 Å². The molecule has 1 aliphatic heterocycles. The van der Waals surface area contributed by atoms with E-state index in [2.05, 4.69) is 21.3 Å². The zero-order valence-electron chi connectivity index (χ0n) is 13.9. The Morgan fingerprint density at radius 3 is 2.27 bits per heavy atom. The molecule has 1 saturated heterocycles. The van der Waals surface area contributed by atoms with Crippen molar-refractivity contribution >= 4 is 11.9 Å². The standard InChI is InChI=1S/C18H19FN4O3/c19-15-16(22-25-11-13-7-3-1-4-8-13)20-18(24)21-17(15)23-26-12-14-9-5-2-6-10-14/h1-10,15-16,22H,11-12H2,(H2,20,21,23,24)/t15-,16-/m0/s1. The average molecular weight is 358 g/mol. The van der Waals surface area contributed by atoms with Crippen LogP contribution in [0.5, 0.6) is 0 Å². The molecule has 7 nitrogen and oxygen atoms in total. The maximum atomic E-state index is 14.5. The van der Waals surface area contributed by atoms with Gasteiger partial charge in [0, 0.05) is 0 Å². The van der Waals surface area contributed by atoms with Crippen LogP contribution in [0.3, 0.4) is 0 Å². The fourth-order valence-electron chi connectivity index (χ4n) is 2.30. The minimum absolute atomic E-state index is 0.170. The van der Waals surface area contributed by atoms with Gasteiger partial charge in [0.05, 0.1) is 6.61 Å². The predicted molar refractivity (Wildman–Crippen MR) is 93.4 cm³/mol. The predicted octanol–water partition coefficient (Wildman–Crippen LogP) is 2.22. The number of alkyl halides is 1. The van der Waals surface area contributed by atoms with Crippen LogP contribution in [-0.4, -0.2) is 24.2 Å². The second-order valence-electron chi connectivity index (χ2n) is 5.61. The van der Waals surface area contributed by atoms with Crippen LogP contribution in [0.25, 0.3) is 0 Å². The Kier molecular flexibility index (Phi) is 6.13. The minimum Gasteiger partial charge on any atom is -0.389 e. The normalized spacial score (nSPS) is 21.1. The number of halogens is 1. The summed E-state index contributed by atoms with van der Waals surface area (Å²) in [5.41, 5.74) is 4.30. The summed E-state index contributed by atoms with van der Waals surface area (Å²) in [7, 11) is 0. The largest absolute Gasteiger partial charge is 0.389 e. The summed E-state index contributed by atoms with van der Waals surface area (Å²) in [5, 5.41) is 8.39. The van der Waals surface area contributed by atoms with Crippen LogP contribution in [0.2, 0.25) is 0 Å². The summed E-state index contributed by atoms with van der Waals surface area (Å²) in [4.78, 5) is 22.1. The molecule has 3 rings (SSSR count). The van der Waals surface area contributed by atoms with Crippen LogP contribution in [-0.2, 0) is 22.9 Å². The summed E-state index contributed by atoms with van der Waals surface area (Å²) in [6, 6.07) is 18.1. The molecule has 1 aliphatic rings. The van der Waals surface area contributed by atoms with Crippen LogP contribution in [0, 0.1) is 0 Å². The van der Waals surface area contributed by atoms with Gasteiger partial charge in [-0.15, -0.1) is 0 Å². The first-order valence-corrected chi connectivity index (χ1v) is 8.09. The molecule has 0 radical (unpaired) electrons. The van der Waals surface area contributed by atoms with Crippen LogP contribution in [0.1, 0.15) is 11.1 Å². The molecular formula is C18H19FN4O3. The molecule has 8 heteroatoms. The van der Waals surface area contributed by atoms with E-state index >= 15 is 0 Å². The third kappa shape index (κ3) is 5.01. The maximum absolute atomic E-state index is 14.5. The molecule has 2 aromatic carbocycles. The number of nitrogens with one attached hydrogen (secondary N) is 3. The van der Waals surface area contributed by atoms with Gasteiger partial charge in [-0.05, 0) is 11.1 Å². The quantitative estimate of drug-likeness (QED) is 0.663. The Hall–Kier alpha value is -2.97. The van der Waals surface area contributed by atoms with E-state index in [1.165, 1.54) is 0 Å². The molecule has 3 N–H and O–H groups in total.